The van der Waals surface area contributed by atoms with Crippen molar-refractivity contribution in [2.24, 2.45) is 11.5 Å². The fraction of sp³-hybridized carbons (Fsp3) is 0.500. The van der Waals surface area contributed by atoms with Gasteiger partial charge in [-0.05, 0) is 32.4 Å². The number of benzene rings is 1. The van der Waals surface area contributed by atoms with E-state index < -0.39 is 0 Å². The minimum atomic E-state index is 0.0244. The second-order valence-corrected chi connectivity index (χ2v) is 3.51. The Morgan fingerprint density at radius 3 is 2.73 bits per heavy atom. The monoisotopic (exact) mass is 208 g/mol. The van der Waals surface area contributed by atoms with E-state index in [0.29, 0.717) is 13.2 Å². The summed E-state index contributed by atoms with van der Waals surface area (Å²) in [7, 11) is 0. The lowest BCUT2D eigenvalue weighted by Gasteiger charge is -2.15. The molecule has 1 aromatic rings. The minimum absolute atomic E-state index is 0.0244. The first-order valence-corrected chi connectivity index (χ1v) is 5.47. The van der Waals surface area contributed by atoms with E-state index in [1.165, 1.54) is 0 Å². The highest BCUT2D eigenvalue weighted by Crippen LogP contribution is 2.25. The first-order valence-electron chi connectivity index (χ1n) is 5.47. The third kappa shape index (κ3) is 3.53. The van der Waals surface area contributed by atoms with Crippen LogP contribution in [0.2, 0.25) is 0 Å². The molecule has 0 saturated heterocycles. The topological polar surface area (TPSA) is 61.3 Å². The summed E-state index contributed by atoms with van der Waals surface area (Å²) in [4.78, 5) is 0. The molecule has 1 rings (SSSR count). The van der Waals surface area contributed by atoms with E-state index in [1.807, 2.05) is 31.2 Å². The van der Waals surface area contributed by atoms with Gasteiger partial charge in [-0.1, -0.05) is 18.2 Å². The lowest BCUT2D eigenvalue weighted by atomic mass is 10.0. The molecule has 3 nitrogen and oxygen atoms in total. The third-order valence-electron chi connectivity index (χ3n) is 2.34. The largest absolute Gasteiger partial charge is 0.494 e. The molecule has 0 spiro atoms. The molecule has 0 aromatic heterocycles. The van der Waals surface area contributed by atoms with Crippen molar-refractivity contribution in [1.29, 1.82) is 0 Å². The molecule has 0 radical (unpaired) electrons. The van der Waals surface area contributed by atoms with Gasteiger partial charge in [0.15, 0.2) is 0 Å². The molecule has 0 aliphatic carbocycles. The van der Waals surface area contributed by atoms with Crippen molar-refractivity contribution in [1.82, 2.24) is 0 Å². The second-order valence-electron chi connectivity index (χ2n) is 3.51. The minimum Gasteiger partial charge on any atom is -0.494 e. The molecule has 0 fully saturated rings. The standard InChI is InChI=1S/C12H20N2O/c1-2-15-12-8-4-3-6-10(12)11(14)7-5-9-13/h3-4,6,8,11H,2,5,7,9,13-14H2,1H3/t11-/m1/s1. The molecule has 0 unspecified atom stereocenters. The fourth-order valence-electron chi connectivity index (χ4n) is 1.57. The van der Waals surface area contributed by atoms with Gasteiger partial charge in [-0.3, -0.25) is 0 Å². The summed E-state index contributed by atoms with van der Waals surface area (Å²) in [6.45, 7) is 3.33. The number of nitrogens with two attached hydrogens (primary N) is 2. The molecular weight excluding hydrogens is 188 g/mol. The number of hydrogen-bond acceptors (Lipinski definition) is 3. The van der Waals surface area contributed by atoms with E-state index in [-0.39, 0.29) is 6.04 Å². The average molecular weight is 208 g/mol. The van der Waals surface area contributed by atoms with Gasteiger partial charge in [0.25, 0.3) is 0 Å². The SMILES string of the molecule is CCOc1ccccc1[C@H](N)CCCN. The van der Waals surface area contributed by atoms with Gasteiger partial charge >= 0.3 is 0 Å². The summed E-state index contributed by atoms with van der Waals surface area (Å²) in [5.41, 5.74) is 12.6. The van der Waals surface area contributed by atoms with Crippen LogP contribution < -0.4 is 16.2 Å². The molecule has 0 aliphatic heterocycles. The van der Waals surface area contributed by atoms with Gasteiger partial charge in [0.05, 0.1) is 6.61 Å². The molecule has 1 aromatic carbocycles. The van der Waals surface area contributed by atoms with Crippen LogP contribution in [0.3, 0.4) is 0 Å². The molecule has 0 saturated carbocycles. The molecular formula is C12H20N2O. The van der Waals surface area contributed by atoms with Gasteiger partial charge in [-0.15, -0.1) is 0 Å². The molecule has 15 heavy (non-hydrogen) atoms. The van der Waals surface area contributed by atoms with Crippen molar-refractivity contribution in [3.63, 3.8) is 0 Å². The molecule has 1 atom stereocenters. The Morgan fingerprint density at radius 1 is 1.33 bits per heavy atom. The van der Waals surface area contributed by atoms with Crippen molar-refractivity contribution in [2.45, 2.75) is 25.8 Å². The number of rotatable bonds is 6. The van der Waals surface area contributed by atoms with Crippen molar-refractivity contribution in [3.8, 4) is 5.75 Å². The van der Waals surface area contributed by atoms with Crippen molar-refractivity contribution in [3.05, 3.63) is 29.8 Å². The lowest BCUT2D eigenvalue weighted by Crippen LogP contribution is -2.13. The van der Waals surface area contributed by atoms with Crippen LogP contribution in [0.1, 0.15) is 31.4 Å². The van der Waals surface area contributed by atoms with Crippen molar-refractivity contribution < 1.29 is 4.74 Å². The van der Waals surface area contributed by atoms with Gasteiger partial charge in [-0.25, -0.2) is 0 Å². The van der Waals surface area contributed by atoms with Crippen LogP contribution in [-0.2, 0) is 0 Å². The number of ether oxygens (including phenoxy) is 1. The molecule has 0 bridgehead atoms. The first-order chi connectivity index (χ1) is 7.29. The predicted octanol–water partition coefficient (Wildman–Crippen LogP) is 1.82. The molecule has 4 N–H and O–H groups in total. The smallest absolute Gasteiger partial charge is 0.124 e. The zero-order valence-corrected chi connectivity index (χ0v) is 9.28. The third-order valence-corrected chi connectivity index (χ3v) is 2.34. The summed E-state index contributed by atoms with van der Waals surface area (Å²) < 4.78 is 5.53. The molecule has 0 amide bonds. The Hall–Kier alpha value is -1.06. The van der Waals surface area contributed by atoms with Crippen molar-refractivity contribution in [2.75, 3.05) is 13.2 Å². The van der Waals surface area contributed by atoms with Crippen LogP contribution in [0.15, 0.2) is 24.3 Å². The quantitative estimate of drug-likeness (QED) is 0.749. The summed E-state index contributed by atoms with van der Waals surface area (Å²) in [5.74, 6) is 0.893. The maximum absolute atomic E-state index is 6.08. The molecule has 84 valence electrons. The van der Waals surface area contributed by atoms with Crippen LogP contribution in [-0.4, -0.2) is 13.2 Å². The molecule has 3 heteroatoms. The first kappa shape index (κ1) is 12.0. The zero-order chi connectivity index (χ0) is 11.1. The highest BCUT2D eigenvalue weighted by atomic mass is 16.5. The van der Waals surface area contributed by atoms with Gasteiger partial charge < -0.3 is 16.2 Å². The van der Waals surface area contributed by atoms with Crippen molar-refractivity contribution >= 4 is 0 Å². The Kier molecular flexibility index (Phi) is 5.15. The summed E-state index contributed by atoms with van der Waals surface area (Å²) >= 11 is 0. The van der Waals surface area contributed by atoms with E-state index in [2.05, 4.69) is 0 Å². The number of para-hydroxylation sites is 1. The van der Waals surface area contributed by atoms with Crippen LogP contribution in [0.25, 0.3) is 0 Å². The van der Waals surface area contributed by atoms with E-state index >= 15 is 0 Å². The maximum Gasteiger partial charge on any atom is 0.124 e. The predicted molar refractivity (Wildman–Crippen MR) is 62.8 cm³/mol. The van der Waals surface area contributed by atoms with E-state index in [1.54, 1.807) is 0 Å². The summed E-state index contributed by atoms with van der Waals surface area (Å²) in [6.07, 6.45) is 1.85. The van der Waals surface area contributed by atoms with Crippen LogP contribution in [0.4, 0.5) is 0 Å². The van der Waals surface area contributed by atoms with Gasteiger partial charge in [0.1, 0.15) is 5.75 Å². The average Bonchev–Trinajstić information content (AvgIpc) is 2.27. The van der Waals surface area contributed by atoms with Crippen LogP contribution >= 0.6 is 0 Å². The van der Waals surface area contributed by atoms with Gasteiger partial charge in [-0.2, -0.15) is 0 Å². The van der Waals surface area contributed by atoms with Crippen LogP contribution in [0, 0.1) is 0 Å². The second kappa shape index (κ2) is 6.43. The highest BCUT2D eigenvalue weighted by molar-refractivity contribution is 5.35. The Morgan fingerprint density at radius 2 is 2.07 bits per heavy atom. The van der Waals surface area contributed by atoms with E-state index in [0.717, 1.165) is 24.2 Å². The van der Waals surface area contributed by atoms with E-state index in [4.69, 9.17) is 16.2 Å². The van der Waals surface area contributed by atoms with Crippen LogP contribution in [0.5, 0.6) is 5.75 Å². The zero-order valence-electron chi connectivity index (χ0n) is 9.28. The van der Waals surface area contributed by atoms with Gasteiger partial charge in [0.2, 0.25) is 0 Å². The molecule has 0 heterocycles. The normalized spacial score (nSPS) is 12.5. The Labute approximate surface area is 91.4 Å². The highest BCUT2D eigenvalue weighted by Gasteiger charge is 2.10. The fourth-order valence-corrected chi connectivity index (χ4v) is 1.57. The Bertz CT molecular complexity index is 289. The Balaban J connectivity index is 2.72. The maximum atomic E-state index is 6.08. The van der Waals surface area contributed by atoms with E-state index in [9.17, 15) is 0 Å². The lowest BCUT2D eigenvalue weighted by molar-refractivity contribution is 0.333. The summed E-state index contributed by atoms with van der Waals surface area (Å²) in [5, 5.41) is 0. The number of hydrogen-bond donors (Lipinski definition) is 2. The summed E-state index contributed by atoms with van der Waals surface area (Å²) in [6, 6.07) is 7.95. The molecule has 0 aliphatic rings. The van der Waals surface area contributed by atoms with Gasteiger partial charge in [0, 0.05) is 11.6 Å².